The maximum absolute atomic E-state index is 12.5. The summed E-state index contributed by atoms with van der Waals surface area (Å²) in [6.07, 6.45) is 0.738. The molecule has 0 amide bonds. The molecule has 0 unspecified atom stereocenters. The van der Waals surface area contributed by atoms with Gasteiger partial charge in [-0.25, -0.2) is 4.79 Å². The van der Waals surface area contributed by atoms with Gasteiger partial charge in [0.2, 0.25) is 5.41 Å². The number of esters is 2. The zero-order chi connectivity index (χ0) is 18.5. The summed E-state index contributed by atoms with van der Waals surface area (Å²) in [4.78, 5) is 37.3. The van der Waals surface area contributed by atoms with Gasteiger partial charge in [0.15, 0.2) is 0 Å². The van der Waals surface area contributed by atoms with Crippen molar-refractivity contribution in [3.8, 4) is 0 Å². The van der Waals surface area contributed by atoms with Crippen molar-refractivity contribution < 1.29 is 28.6 Å². The Hall–Kier alpha value is -2.31. The number of nitrogens with zero attached hydrogens (tertiary/aromatic N) is 1. The topological polar surface area (TPSA) is 83.8 Å². The Morgan fingerprint density at radius 3 is 1.92 bits per heavy atom. The molecule has 0 atom stereocenters. The summed E-state index contributed by atoms with van der Waals surface area (Å²) in [7, 11) is 0. The van der Waals surface area contributed by atoms with Crippen molar-refractivity contribution >= 4 is 18.0 Å². The highest BCUT2D eigenvalue weighted by Gasteiger charge is 2.49. The molecule has 0 saturated carbocycles. The van der Waals surface area contributed by atoms with Crippen LogP contribution in [0.4, 0.5) is 4.79 Å². The second kappa shape index (κ2) is 7.51. The minimum absolute atomic E-state index is 0.0982. The molecule has 0 radical (unpaired) electrons. The van der Waals surface area contributed by atoms with E-state index < -0.39 is 29.0 Å². The van der Waals surface area contributed by atoms with E-state index in [-0.39, 0.29) is 18.9 Å². The first-order valence-electron chi connectivity index (χ1n) is 7.83. The minimum Gasteiger partial charge on any atom is -0.465 e. The fraction of sp³-hybridized carbons (Fsp3) is 0.588. The van der Waals surface area contributed by atoms with E-state index in [1.165, 1.54) is 19.2 Å². The van der Waals surface area contributed by atoms with E-state index in [1.54, 1.807) is 40.7 Å². The summed E-state index contributed by atoms with van der Waals surface area (Å²) in [5.41, 5.74) is -2.36. The zero-order valence-corrected chi connectivity index (χ0v) is 15.0. The van der Waals surface area contributed by atoms with Crippen molar-refractivity contribution in [2.24, 2.45) is 0 Å². The number of carbonyl (C=O) groups excluding carboxylic acids is 3. The molecule has 0 aliphatic heterocycles. The van der Waals surface area contributed by atoms with Crippen LogP contribution in [0.15, 0.2) is 18.3 Å². The van der Waals surface area contributed by atoms with E-state index in [2.05, 4.69) is 0 Å². The van der Waals surface area contributed by atoms with Gasteiger partial charge in [0.05, 0.1) is 18.9 Å². The monoisotopic (exact) mass is 339 g/mol. The van der Waals surface area contributed by atoms with Crippen LogP contribution in [0.3, 0.4) is 0 Å². The number of hydrogen-bond donors (Lipinski definition) is 0. The Balaban J connectivity index is 3.36. The second-order valence-corrected chi connectivity index (χ2v) is 6.31. The largest absolute Gasteiger partial charge is 0.465 e. The van der Waals surface area contributed by atoms with E-state index in [0.29, 0.717) is 0 Å². The Morgan fingerprint density at radius 1 is 1.00 bits per heavy atom. The SMILES string of the molecule is CCOC(=O)C(C)(C(=O)OCC)c1cccn1C(=O)OC(C)(C)C. The van der Waals surface area contributed by atoms with Crippen molar-refractivity contribution in [3.63, 3.8) is 0 Å². The van der Waals surface area contributed by atoms with Gasteiger partial charge >= 0.3 is 18.0 Å². The van der Waals surface area contributed by atoms with Crippen LogP contribution in [0.5, 0.6) is 0 Å². The molecule has 0 fully saturated rings. The van der Waals surface area contributed by atoms with Crippen molar-refractivity contribution in [2.45, 2.75) is 52.6 Å². The van der Waals surface area contributed by atoms with E-state index >= 15 is 0 Å². The number of aromatic nitrogens is 1. The molecule has 1 aromatic rings. The molecule has 0 spiro atoms. The average molecular weight is 339 g/mol. The van der Waals surface area contributed by atoms with Gasteiger partial charge in [0.25, 0.3) is 0 Å². The van der Waals surface area contributed by atoms with Crippen molar-refractivity contribution in [2.75, 3.05) is 13.2 Å². The predicted molar refractivity (Wildman–Crippen MR) is 86.7 cm³/mol. The maximum atomic E-state index is 12.5. The maximum Gasteiger partial charge on any atom is 0.418 e. The average Bonchev–Trinajstić information content (AvgIpc) is 2.95. The summed E-state index contributed by atoms with van der Waals surface area (Å²) < 4.78 is 16.5. The lowest BCUT2D eigenvalue weighted by molar-refractivity contribution is -0.164. The standard InChI is InChI=1S/C17H25NO6/c1-7-22-13(19)17(6,14(20)23-8-2)12-10-9-11-18(12)15(21)24-16(3,4)5/h9-11H,7-8H2,1-6H3. The van der Waals surface area contributed by atoms with Crippen LogP contribution in [0.1, 0.15) is 47.2 Å². The normalized spacial score (nSPS) is 11.8. The second-order valence-electron chi connectivity index (χ2n) is 6.31. The number of ether oxygens (including phenoxy) is 3. The molecule has 0 saturated heterocycles. The van der Waals surface area contributed by atoms with Crippen molar-refractivity contribution in [3.05, 3.63) is 24.0 Å². The number of rotatable bonds is 5. The van der Waals surface area contributed by atoms with Gasteiger partial charge in [-0.3, -0.25) is 14.2 Å². The summed E-state index contributed by atoms with van der Waals surface area (Å²) in [5.74, 6) is -1.57. The predicted octanol–water partition coefficient (Wildman–Crippen LogP) is 2.66. The molecule has 1 rings (SSSR count). The highest BCUT2D eigenvalue weighted by atomic mass is 16.6. The van der Waals surface area contributed by atoms with Crippen LogP contribution in [-0.4, -0.2) is 41.4 Å². The first-order chi connectivity index (χ1) is 11.1. The van der Waals surface area contributed by atoms with Crippen LogP contribution in [0.2, 0.25) is 0 Å². The first-order valence-corrected chi connectivity index (χ1v) is 7.83. The molecule has 0 aliphatic carbocycles. The minimum atomic E-state index is -1.77. The summed E-state index contributed by atoms with van der Waals surface area (Å²) >= 11 is 0. The van der Waals surface area contributed by atoms with E-state index in [4.69, 9.17) is 14.2 Å². The van der Waals surface area contributed by atoms with Crippen molar-refractivity contribution in [1.29, 1.82) is 0 Å². The molecule has 1 aromatic heterocycles. The molecule has 7 nitrogen and oxygen atoms in total. The Kier molecular flexibility index (Phi) is 6.17. The van der Waals surface area contributed by atoms with E-state index in [0.717, 1.165) is 4.57 Å². The Bertz CT molecular complexity index is 593. The fourth-order valence-corrected chi connectivity index (χ4v) is 2.10. The third kappa shape index (κ3) is 4.15. The molecule has 7 heteroatoms. The van der Waals surface area contributed by atoms with Gasteiger partial charge in [-0.2, -0.15) is 0 Å². The molecule has 0 aromatic carbocycles. The lowest BCUT2D eigenvalue weighted by atomic mass is 9.86. The molecule has 0 bridgehead atoms. The molecule has 1 heterocycles. The highest BCUT2D eigenvalue weighted by Crippen LogP contribution is 2.29. The summed E-state index contributed by atoms with van der Waals surface area (Å²) in [5, 5.41) is 0. The van der Waals surface area contributed by atoms with Gasteiger partial charge in [-0.05, 0) is 53.7 Å². The van der Waals surface area contributed by atoms with Gasteiger partial charge in [0, 0.05) is 6.20 Å². The highest BCUT2D eigenvalue weighted by molar-refractivity contribution is 6.06. The molecule has 134 valence electrons. The van der Waals surface area contributed by atoms with E-state index in [9.17, 15) is 14.4 Å². The van der Waals surface area contributed by atoms with Crippen LogP contribution in [0, 0.1) is 0 Å². The van der Waals surface area contributed by atoms with Gasteiger partial charge in [-0.15, -0.1) is 0 Å². The lowest BCUT2D eigenvalue weighted by Gasteiger charge is -2.27. The van der Waals surface area contributed by atoms with E-state index in [1.807, 2.05) is 0 Å². The zero-order valence-electron chi connectivity index (χ0n) is 15.0. The summed E-state index contributed by atoms with van der Waals surface area (Å²) in [6, 6.07) is 3.05. The Labute approximate surface area is 141 Å². The van der Waals surface area contributed by atoms with Crippen molar-refractivity contribution in [1.82, 2.24) is 4.57 Å². The van der Waals surface area contributed by atoms with Crippen LogP contribution in [0.25, 0.3) is 0 Å². The van der Waals surface area contributed by atoms with Gasteiger partial charge in [0.1, 0.15) is 5.60 Å². The number of carbonyl (C=O) groups is 3. The Morgan fingerprint density at radius 2 is 1.50 bits per heavy atom. The molecule has 24 heavy (non-hydrogen) atoms. The lowest BCUT2D eigenvalue weighted by Crippen LogP contribution is -2.46. The van der Waals surface area contributed by atoms with Crippen LogP contribution < -0.4 is 0 Å². The fourth-order valence-electron chi connectivity index (χ4n) is 2.10. The smallest absolute Gasteiger partial charge is 0.418 e. The summed E-state index contributed by atoms with van der Waals surface area (Å²) in [6.45, 7) is 10.0. The molecular weight excluding hydrogens is 314 g/mol. The quantitative estimate of drug-likeness (QED) is 0.466. The van der Waals surface area contributed by atoms with Crippen LogP contribution >= 0.6 is 0 Å². The third-order valence-corrected chi connectivity index (χ3v) is 3.22. The molecule has 0 aliphatic rings. The van der Waals surface area contributed by atoms with Crippen LogP contribution in [-0.2, 0) is 29.2 Å². The molecular formula is C17H25NO6. The molecule has 0 N–H and O–H groups in total. The van der Waals surface area contributed by atoms with Gasteiger partial charge in [-0.1, -0.05) is 0 Å². The number of hydrogen-bond acceptors (Lipinski definition) is 6. The first kappa shape index (κ1) is 19.7. The van der Waals surface area contributed by atoms with Gasteiger partial charge < -0.3 is 14.2 Å². The third-order valence-electron chi connectivity index (χ3n) is 3.22.